The first-order valence-corrected chi connectivity index (χ1v) is 24.2. The maximum absolute atomic E-state index is 10.4. The number of carboxylic acids is 6. The van der Waals surface area contributed by atoms with Crippen molar-refractivity contribution >= 4 is 62.2 Å². The van der Waals surface area contributed by atoms with Crippen molar-refractivity contribution in [2.75, 3.05) is 100 Å². The summed E-state index contributed by atoms with van der Waals surface area (Å²) in [5, 5.41) is 91.4. The van der Waals surface area contributed by atoms with Crippen molar-refractivity contribution in [3.05, 3.63) is 0 Å². The molecule has 0 fully saturated rings. The standard InChI is InChI=1S/3C10H21NO9Si.3Cu.3H2/c3*1-19-21(17,18)4-2-3-20-7-8(12)11(5-9(13)14)6-10(15)16;;;;;;/h3*8,12,17-18H,2-7H2,1H3,(H,13,14)(H,15,16);;;;3*1H/q;;;3*+2;;;/p-6. The second kappa shape index (κ2) is 42.2. The number of aliphatic hydroxyl groups excluding tert-OH is 3. The fourth-order valence-corrected chi connectivity index (χ4v) is 6.62. The Morgan fingerprint density at radius 1 is 0.424 bits per heavy atom. The Hall–Kier alpha value is -1.69. The molecule has 36 heteroatoms. The van der Waals surface area contributed by atoms with Gasteiger partial charge in [-0.25, -0.2) is 0 Å². The van der Waals surface area contributed by atoms with Crippen LogP contribution in [-0.2, 0) is 107 Å². The molecule has 0 heterocycles. The number of nitrogens with zero attached hydrogens (tertiary/aromatic N) is 3. The Kier molecular flexibility index (Phi) is 48.5. The van der Waals surface area contributed by atoms with Gasteiger partial charge in [-0.2, -0.15) is 0 Å². The molecule has 9 N–H and O–H groups in total. The van der Waals surface area contributed by atoms with Crippen molar-refractivity contribution in [1.29, 1.82) is 0 Å². The summed E-state index contributed by atoms with van der Waals surface area (Å²) in [4.78, 5) is 120. The minimum absolute atomic E-state index is 0. The summed E-state index contributed by atoms with van der Waals surface area (Å²) in [5.41, 5.74) is 0. The van der Waals surface area contributed by atoms with E-state index < -0.39 is 120 Å². The molecule has 0 aromatic carbocycles. The fraction of sp³-hybridized carbons (Fsp3) is 0.800. The molecule has 0 aliphatic rings. The number of rotatable bonds is 36. The number of aliphatic hydroxyl groups is 3. The van der Waals surface area contributed by atoms with Gasteiger partial charge in [0, 0.05) is 103 Å². The first-order chi connectivity index (χ1) is 29.0. The predicted octanol–water partition coefficient (Wildman–Crippen LogP) is -14.0. The number of aliphatic carboxylic acids is 6. The van der Waals surface area contributed by atoms with Gasteiger partial charge in [-0.15, -0.1) is 0 Å². The van der Waals surface area contributed by atoms with E-state index in [9.17, 15) is 103 Å². The molecule has 0 aliphatic heterocycles. The minimum atomic E-state index is -3.64. The first kappa shape index (κ1) is 75.8. The van der Waals surface area contributed by atoms with Crippen LogP contribution in [0.25, 0.3) is 0 Å². The molecule has 0 aromatic rings. The number of ether oxygens (including phenoxy) is 3. The van der Waals surface area contributed by atoms with Crippen LogP contribution in [-0.4, -0.2) is 240 Å². The number of carboxylic acid groups (broad SMARTS) is 6. The monoisotopic (exact) mass is 1170 g/mol. The molecule has 0 rings (SSSR count). The minimum Gasteiger partial charge on any atom is -0.549 e. The van der Waals surface area contributed by atoms with Gasteiger partial charge in [0.15, 0.2) is 0 Å². The van der Waals surface area contributed by atoms with Gasteiger partial charge in [0.05, 0.1) is 55.6 Å². The zero-order chi connectivity index (χ0) is 49.4. The molecule has 405 valence electrons. The van der Waals surface area contributed by atoms with Crippen LogP contribution >= 0.6 is 0 Å². The fourth-order valence-electron chi connectivity index (χ4n) is 4.20. The van der Waals surface area contributed by atoms with Gasteiger partial charge in [0.1, 0.15) is 18.7 Å². The number of carbonyl (C=O) groups is 6. The van der Waals surface area contributed by atoms with Crippen molar-refractivity contribution < 1.29 is 186 Å². The SMILES string of the molecule is CO[Si](O)(O)CCCOCC(O)N(CC(=O)[O-])CC(=O)[O-].CO[Si](O)(O)CCCOCC(O)N(CC(=O)[O-])CC(=O)[O-].CO[Si](O)(O)CCCOCC(O)N(CC(=O)[O-])CC(=O)[O-].[Cu+2].[Cu+2].[Cu+2].[HH].[HH].[HH]. The summed E-state index contributed by atoms with van der Waals surface area (Å²) >= 11 is 0. The van der Waals surface area contributed by atoms with Crippen LogP contribution in [0.15, 0.2) is 0 Å². The van der Waals surface area contributed by atoms with Gasteiger partial charge >= 0.3 is 77.6 Å². The average molecular weight is 1170 g/mol. The van der Waals surface area contributed by atoms with E-state index in [0.717, 1.165) is 0 Å². The molecule has 0 amide bonds. The molecule has 3 radical (unpaired) electrons. The van der Waals surface area contributed by atoms with Gasteiger partial charge < -0.3 is 131 Å². The van der Waals surface area contributed by atoms with Crippen molar-refractivity contribution in [1.82, 2.24) is 14.7 Å². The maximum atomic E-state index is 10.4. The van der Waals surface area contributed by atoms with E-state index in [2.05, 4.69) is 13.3 Å². The van der Waals surface area contributed by atoms with Crippen molar-refractivity contribution in [2.45, 2.75) is 56.1 Å². The average Bonchev–Trinajstić information content (AvgIpc) is 3.15. The predicted molar refractivity (Wildman–Crippen MR) is 201 cm³/mol. The van der Waals surface area contributed by atoms with Crippen LogP contribution in [0.4, 0.5) is 0 Å². The van der Waals surface area contributed by atoms with Crippen LogP contribution in [0.1, 0.15) is 23.5 Å². The molecule has 0 bridgehead atoms. The molecule has 0 aliphatic carbocycles. The quantitative estimate of drug-likeness (QED) is 0.0160. The van der Waals surface area contributed by atoms with E-state index >= 15 is 0 Å². The molecule has 3 atom stereocenters. The first-order valence-electron chi connectivity index (χ1n) is 18.2. The zero-order valence-corrected chi connectivity index (χ0v) is 41.4. The van der Waals surface area contributed by atoms with Crippen LogP contribution in [0.2, 0.25) is 18.1 Å². The molecule has 0 aromatic heterocycles. The van der Waals surface area contributed by atoms with E-state index in [-0.39, 0.29) is 133 Å². The smallest absolute Gasteiger partial charge is 0.549 e. The maximum Gasteiger partial charge on any atom is 2.00 e. The van der Waals surface area contributed by atoms with Crippen LogP contribution in [0, 0.1) is 0 Å². The molecule has 0 saturated carbocycles. The van der Waals surface area contributed by atoms with E-state index in [1.54, 1.807) is 0 Å². The van der Waals surface area contributed by atoms with Crippen molar-refractivity contribution in [2.24, 2.45) is 0 Å². The van der Waals surface area contributed by atoms with Gasteiger partial charge in [-0.1, -0.05) is 0 Å². The Balaban J connectivity index is -0.000000107. The molecule has 0 saturated heterocycles. The molecular weight excluding hydrogens is 1110 g/mol. The summed E-state index contributed by atoms with van der Waals surface area (Å²) in [5.74, 6) is -9.30. The van der Waals surface area contributed by atoms with E-state index in [1.807, 2.05) is 0 Å². The summed E-state index contributed by atoms with van der Waals surface area (Å²) in [7, 11) is -7.41. The normalized spacial score (nSPS) is 12.8. The summed E-state index contributed by atoms with van der Waals surface area (Å²) in [6.07, 6.45) is -3.64. The van der Waals surface area contributed by atoms with Gasteiger partial charge in [-0.3, -0.25) is 14.7 Å². The number of carbonyl (C=O) groups excluding carboxylic acids is 6. The van der Waals surface area contributed by atoms with E-state index in [0.29, 0.717) is 14.7 Å². The van der Waals surface area contributed by atoms with Gasteiger partial charge in [0.25, 0.3) is 0 Å². The van der Waals surface area contributed by atoms with Crippen molar-refractivity contribution in [3.8, 4) is 0 Å². The van der Waals surface area contributed by atoms with Gasteiger partial charge in [-0.05, 0) is 19.3 Å². The Labute approximate surface area is 418 Å². The number of hydrogen-bond acceptors (Lipinski definition) is 30. The van der Waals surface area contributed by atoms with Crippen molar-refractivity contribution in [3.63, 3.8) is 0 Å². The summed E-state index contributed by atoms with van der Waals surface area (Å²) in [6, 6.07) is 0.00417. The van der Waals surface area contributed by atoms with E-state index in [4.69, 9.17) is 14.2 Å². The topological polar surface area (TPSA) is 488 Å². The third-order valence-corrected chi connectivity index (χ3v) is 12.4. The van der Waals surface area contributed by atoms with Gasteiger partial charge in [0.2, 0.25) is 0 Å². The zero-order valence-electron chi connectivity index (χ0n) is 35.6. The van der Waals surface area contributed by atoms with Crippen LogP contribution in [0.5, 0.6) is 0 Å². The third-order valence-electron chi connectivity index (χ3n) is 7.41. The molecule has 66 heavy (non-hydrogen) atoms. The van der Waals surface area contributed by atoms with E-state index in [1.165, 1.54) is 21.3 Å². The second-order valence-electron chi connectivity index (χ2n) is 12.8. The van der Waals surface area contributed by atoms with Crippen LogP contribution in [0.3, 0.4) is 0 Å². The molecular formula is C30H63Cu3N3O27Si3. The Bertz CT molecular complexity index is 1160. The third kappa shape index (κ3) is 47.4. The molecule has 3 unspecified atom stereocenters. The number of hydrogen-bond donors (Lipinski definition) is 9. The Morgan fingerprint density at radius 3 is 0.727 bits per heavy atom. The summed E-state index contributed by atoms with van der Waals surface area (Å²) < 4.78 is 28.5. The largest absolute Gasteiger partial charge is 2.00 e. The Morgan fingerprint density at radius 2 is 0.591 bits per heavy atom. The second-order valence-corrected chi connectivity index (χ2v) is 19.9. The van der Waals surface area contributed by atoms with Crippen LogP contribution < -0.4 is 30.6 Å². The molecule has 0 spiro atoms. The molecule has 30 nitrogen and oxygen atoms in total. The summed E-state index contributed by atoms with van der Waals surface area (Å²) in [6.45, 7) is -5.59.